The number of ether oxygens (including phenoxy) is 2. The van der Waals surface area contributed by atoms with Crippen LogP contribution in [0.25, 0.3) is 11.1 Å². The largest absolute Gasteiger partial charge is 0.484 e. The van der Waals surface area contributed by atoms with Crippen molar-refractivity contribution in [3.63, 3.8) is 0 Å². The number of benzene rings is 2. The standard InChI is InChI=1S/C22H20ClNO4S/c1-3-27-22(26)20-19(15-9-11-16(23)12-10-15)14(2)29-21(20)24-18(25)13-28-17-7-5-4-6-8-17/h4-12H,3,13H2,1-2H3,(H,24,25). The van der Waals surface area contributed by atoms with Crippen molar-refractivity contribution in [1.29, 1.82) is 0 Å². The average Bonchev–Trinajstić information content (AvgIpc) is 3.03. The Balaban J connectivity index is 1.87. The highest BCUT2D eigenvalue weighted by Gasteiger charge is 2.25. The summed E-state index contributed by atoms with van der Waals surface area (Å²) >= 11 is 7.31. The number of halogens is 1. The van der Waals surface area contributed by atoms with Crippen molar-refractivity contribution in [3.8, 4) is 16.9 Å². The van der Waals surface area contributed by atoms with Crippen molar-refractivity contribution in [2.24, 2.45) is 0 Å². The molecule has 0 bridgehead atoms. The Morgan fingerprint density at radius 2 is 1.76 bits per heavy atom. The van der Waals surface area contributed by atoms with Gasteiger partial charge in [-0.25, -0.2) is 4.79 Å². The molecule has 2 aromatic carbocycles. The molecule has 0 aliphatic heterocycles. The number of hydrogen-bond donors (Lipinski definition) is 1. The number of carbonyl (C=O) groups is 2. The Bertz CT molecular complexity index is 1000. The number of carbonyl (C=O) groups excluding carboxylic acids is 2. The molecule has 0 unspecified atom stereocenters. The lowest BCUT2D eigenvalue weighted by Gasteiger charge is -2.10. The molecular weight excluding hydrogens is 410 g/mol. The van der Waals surface area contributed by atoms with E-state index in [4.69, 9.17) is 21.1 Å². The van der Waals surface area contributed by atoms with Crippen molar-refractivity contribution in [2.45, 2.75) is 13.8 Å². The molecule has 5 nitrogen and oxygen atoms in total. The van der Waals surface area contributed by atoms with Crippen molar-refractivity contribution in [2.75, 3.05) is 18.5 Å². The van der Waals surface area contributed by atoms with Gasteiger partial charge >= 0.3 is 5.97 Å². The van der Waals surface area contributed by atoms with Crippen LogP contribution in [-0.2, 0) is 9.53 Å². The van der Waals surface area contributed by atoms with E-state index in [1.807, 2.05) is 37.3 Å². The fourth-order valence-corrected chi connectivity index (χ4v) is 4.03. The Morgan fingerprint density at radius 3 is 2.41 bits per heavy atom. The first kappa shape index (κ1) is 20.9. The van der Waals surface area contributed by atoms with Crippen molar-refractivity contribution in [1.82, 2.24) is 0 Å². The van der Waals surface area contributed by atoms with Gasteiger partial charge in [-0.2, -0.15) is 0 Å². The molecule has 29 heavy (non-hydrogen) atoms. The van der Waals surface area contributed by atoms with Crippen LogP contribution in [0.2, 0.25) is 5.02 Å². The van der Waals surface area contributed by atoms with Crippen molar-refractivity contribution >= 4 is 39.8 Å². The molecule has 0 aliphatic carbocycles. The van der Waals surface area contributed by atoms with Gasteiger partial charge in [0.15, 0.2) is 6.61 Å². The molecule has 150 valence electrons. The minimum Gasteiger partial charge on any atom is -0.484 e. The Hall–Kier alpha value is -2.83. The van der Waals surface area contributed by atoms with Crippen LogP contribution in [0, 0.1) is 6.92 Å². The molecule has 0 atom stereocenters. The van der Waals surface area contributed by atoms with Gasteiger partial charge < -0.3 is 14.8 Å². The Morgan fingerprint density at radius 1 is 1.07 bits per heavy atom. The van der Waals surface area contributed by atoms with Crippen LogP contribution in [0.5, 0.6) is 5.75 Å². The number of aryl methyl sites for hydroxylation is 1. The van der Waals surface area contributed by atoms with Gasteiger partial charge in [-0.3, -0.25) is 4.79 Å². The molecule has 0 aliphatic rings. The summed E-state index contributed by atoms with van der Waals surface area (Å²) in [6.07, 6.45) is 0. The highest BCUT2D eigenvalue weighted by Crippen LogP contribution is 2.40. The molecule has 1 aromatic heterocycles. The second kappa shape index (κ2) is 9.58. The number of amides is 1. The summed E-state index contributed by atoms with van der Waals surface area (Å²) in [4.78, 5) is 26.0. The topological polar surface area (TPSA) is 64.6 Å². The molecule has 0 fully saturated rings. The maximum absolute atomic E-state index is 12.7. The number of nitrogens with one attached hydrogen (secondary N) is 1. The first-order chi connectivity index (χ1) is 14.0. The quantitative estimate of drug-likeness (QED) is 0.498. The Labute approximate surface area is 178 Å². The lowest BCUT2D eigenvalue weighted by atomic mass is 10.0. The molecule has 1 N–H and O–H groups in total. The third kappa shape index (κ3) is 5.16. The van der Waals surface area contributed by atoms with E-state index in [1.165, 1.54) is 11.3 Å². The predicted molar refractivity (Wildman–Crippen MR) is 116 cm³/mol. The smallest absolute Gasteiger partial charge is 0.341 e. The van der Waals surface area contributed by atoms with Gasteiger partial charge in [0, 0.05) is 15.5 Å². The summed E-state index contributed by atoms with van der Waals surface area (Å²) in [6, 6.07) is 16.3. The van der Waals surface area contributed by atoms with E-state index in [-0.39, 0.29) is 19.1 Å². The van der Waals surface area contributed by atoms with E-state index < -0.39 is 5.97 Å². The molecule has 7 heteroatoms. The molecule has 0 saturated heterocycles. The summed E-state index contributed by atoms with van der Waals surface area (Å²) in [7, 11) is 0. The lowest BCUT2D eigenvalue weighted by molar-refractivity contribution is -0.118. The first-order valence-corrected chi connectivity index (χ1v) is 10.2. The summed E-state index contributed by atoms with van der Waals surface area (Å²) in [6.45, 7) is 3.70. The molecule has 0 radical (unpaired) electrons. The van der Waals surface area contributed by atoms with E-state index in [0.29, 0.717) is 21.3 Å². The van der Waals surface area contributed by atoms with Gasteiger partial charge in [0.25, 0.3) is 5.91 Å². The summed E-state index contributed by atoms with van der Waals surface area (Å²) in [5.74, 6) is -0.248. The van der Waals surface area contributed by atoms with E-state index in [1.54, 1.807) is 31.2 Å². The van der Waals surface area contributed by atoms with Gasteiger partial charge in [0.2, 0.25) is 0 Å². The van der Waals surface area contributed by atoms with E-state index >= 15 is 0 Å². The van der Waals surface area contributed by atoms with Crippen LogP contribution < -0.4 is 10.1 Å². The van der Waals surface area contributed by atoms with Gasteiger partial charge in [0.1, 0.15) is 16.3 Å². The van der Waals surface area contributed by atoms with Crippen LogP contribution in [-0.4, -0.2) is 25.1 Å². The highest BCUT2D eigenvalue weighted by atomic mass is 35.5. The van der Waals surface area contributed by atoms with Crippen LogP contribution in [0.1, 0.15) is 22.2 Å². The summed E-state index contributed by atoms with van der Waals surface area (Å²) < 4.78 is 10.7. The predicted octanol–water partition coefficient (Wildman–Crippen LogP) is 5.57. The zero-order valence-electron chi connectivity index (χ0n) is 16.0. The fraction of sp³-hybridized carbons (Fsp3) is 0.182. The van der Waals surface area contributed by atoms with Gasteiger partial charge in [-0.05, 0) is 43.7 Å². The zero-order chi connectivity index (χ0) is 20.8. The van der Waals surface area contributed by atoms with E-state index in [2.05, 4.69) is 5.32 Å². The van der Waals surface area contributed by atoms with E-state index in [0.717, 1.165) is 16.0 Å². The summed E-state index contributed by atoms with van der Waals surface area (Å²) in [5, 5.41) is 3.83. The van der Waals surface area contributed by atoms with Crippen molar-refractivity contribution < 1.29 is 19.1 Å². The molecule has 1 amide bonds. The second-order valence-electron chi connectivity index (χ2n) is 6.11. The highest BCUT2D eigenvalue weighted by molar-refractivity contribution is 7.17. The van der Waals surface area contributed by atoms with Gasteiger partial charge in [-0.15, -0.1) is 11.3 Å². The van der Waals surface area contributed by atoms with Gasteiger partial charge in [-0.1, -0.05) is 41.9 Å². The third-order valence-corrected chi connectivity index (χ3v) is 5.34. The molecule has 3 aromatic rings. The zero-order valence-corrected chi connectivity index (χ0v) is 17.6. The van der Waals surface area contributed by atoms with Crippen LogP contribution in [0.4, 0.5) is 5.00 Å². The number of thiophene rings is 1. The number of para-hydroxylation sites is 1. The molecular formula is C22H20ClNO4S. The minimum atomic E-state index is -0.485. The SMILES string of the molecule is CCOC(=O)c1c(NC(=O)COc2ccccc2)sc(C)c1-c1ccc(Cl)cc1. The molecule has 0 saturated carbocycles. The lowest BCUT2D eigenvalue weighted by Crippen LogP contribution is -2.21. The molecule has 3 rings (SSSR count). The molecule has 0 spiro atoms. The van der Waals surface area contributed by atoms with Crippen LogP contribution in [0.15, 0.2) is 54.6 Å². The second-order valence-corrected chi connectivity index (χ2v) is 7.78. The van der Waals surface area contributed by atoms with Crippen molar-refractivity contribution in [3.05, 3.63) is 70.1 Å². The number of esters is 1. The maximum Gasteiger partial charge on any atom is 0.341 e. The van der Waals surface area contributed by atoms with Crippen LogP contribution >= 0.6 is 22.9 Å². The minimum absolute atomic E-state index is 0.167. The van der Waals surface area contributed by atoms with Gasteiger partial charge in [0.05, 0.1) is 6.61 Å². The fourth-order valence-electron chi connectivity index (χ4n) is 2.82. The number of hydrogen-bond acceptors (Lipinski definition) is 5. The van der Waals surface area contributed by atoms with Crippen LogP contribution in [0.3, 0.4) is 0 Å². The normalized spacial score (nSPS) is 10.4. The Kier molecular flexibility index (Phi) is 6.90. The molecule has 1 heterocycles. The third-order valence-electron chi connectivity index (χ3n) is 4.06. The average molecular weight is 430 g/mol. The number of anilines is 1. The summed E-state index contributed by atoms with van der Waals surface area (Å²) in [5.41, 5.74) is 1.89. The number of rotatable bonds is 7. The van der Waals surface area contributed by atoms with E-state index in [9.17, 15) is 9.59 Å². The monoisotopic (exact) mass is 429 g/mol. The first-order valence-electron chi connectivity index (χ1n) is 9.03. The maximum atomic E-state index is 12.7.